The lowest BCUT2D eigenvalue weighted by Gasteiger charge is -2.27. The van der Waals surface area contributed by atoms with Crippen molar-refractivity contribution in [3.63, 3.8) is 0 Å². The van der Waals surface area contributed by atoms with Crippen LogP contribution < -0.4 is 4.74 Å². The van der Waals surface area contributed by atoms with E-state index >= 15 is 0 Å². The number of benzene rings is 1. The van der Waals surface area contributed by atoms with Gasteiger partial charge >= 0.3 is 0 Å². The van der Waals surface area contributed by atoms with Crippen LogP contribution in [0.2, 0.25) is 0 Å². The van der Waals surface area contributed by atoms with Gasteiger partial charge in [0.05, 0.1) is 13.2 Å². The Balaban J connectivity index is 2.19. The number of aliphatic hydroxyl groups excluding tert-OH is 1. The quantitative estimate of drug-likeness (QED) is 0.933. The Morgan fingerprint density at radius 1 is 1.41 bits per heavy atom. The number of hydrogen-bond acceptors (Lipinski definition) is 3. The standard InChI is InChI=1S/C13H17BrO3/c1-16-12-8-10(14)2-3-11(12)13(15)9-4-6-17-7-5-9/h2-3,8-9,13,15H,4-7H2,1H3. The zero-order valence-corrected chi connectivity index (χ0v) is 11.4. The molecule has 17 heavy (non-hydrogen) atoms. The Bertz CT molecular complexity index is 375. The smallest absolute Gasteiger partial charge is 0.125 e. The SMILES string of the molecule is COc1cc(Br)ccc1C(O)C1CCOCC1. The van der Waals surface area contributed by atoms with Gasteiger partial charge in [-0.2, -0.15) is 0 Å². The molecular formula is C13H17BrO3. The number of halogens is 1. The highest BCUT2D eigenvalue weighted by atomic mass is 79.9. The highest BCUT2D eigenvalue weighted by Crippen LogP contribution is 2.36. The molecule has 0 amide bonds. The molecule has 1 unspecified atom stereocenters. The van der Waals surface area contributed by atoms with Crippen molar-refractivity contribution in [3.8, 4) is 5.75 Å². The van der Waals surface area contributed by atoms with Gasteiger partial charge in [-0.05, 0) is 30.9 Å². The van der Waals surface area contributed by atoms with Crippen LogP contribution in [0.1, 0.15) is 24.5 Å². The molecule has 0 spiro atoms. The molecule has 1 aliphatic rings. The lowest BCUT2D eigenvalue weighted by atomic mass is 9.89. The monoisotopic (exact) mass is 300 g/mol. The molecule has 0 aliphatic carbocycles. The molecule has 4 heteroatoms. The molecular weight excluding hydrogens is 284 g/mol. The fraction of sp³-hybridized carbons (Fsp3) is 0.538. The van der Waals surface area contributed by atoms with E-state index in [9.17, 15) is 5.11 Å². The van der Waals surface area contributed by atoms with Gasteiger partial charge in [0.15, 0.2) is 0 Å². The predicted molar refractivity (Wildman–Crippen MR) is 69.2 cm³/mol. The molecule has 1 saturated heterocycles. The lowest BCUT2D eigenvalue weighted by molar-refractivity contribution is 0.00636. The van der Waals surface area contributed by atoms with Crippen LogP contribution >= 0.6 is 15.9 Å². The first kappa shape index (κ1) is 12.9. The summed E-state index contributed by atoms with van der Waals surface area (Å²) in [5.74, 6) is 0.997. The molecule has 3 nitrogen and oxygen atoms in total. The van der Waals surface area contributed by atoms with Gasteiger partial charge in [-0.3, -0.25) is 0 Å². The number of aliphatic hydroxyl groups is 1. The van der Waals surface area contributed by atoms with Gasteiger partial charge in [0.1, 0.15) is 5.75 Å². The summed E-state index contributed by atoms with van der Waals surface area (Å²) in [5.41, 5.74) is 0.864. The van der Waals surface area contributed by atoms with E-state index in [1.165, 1.54) is 0 Å². The largest absolute Gasteiger partial charge is 0.496 e. The van der Waals surface area contributed by atoms with Crippen molar-refractivity contribution in [2.24, 2.45) is 5.92 Å². The van der Waals surface area contributed by atoms with Crippen LogP contribution in [0, 0.1) is 5.92 Å². The van der Waals surface area contributed by atoms with Crippen molar-refractivity contribution in [1.82, 2.24) is 0 Å². The number of methoxy groups -OCH3 is 1. The van der Waals surface area contributed by atoms with Crippen LogP contribution in [0.4, 0.5) is 0 Å². The number of hydrogen-bond donors (Lipinski definition) is 1. The van der Waals surface area contributed by atoms with Crippen LogP contribution in [0.5, 0.6) is 5.75 Å². The highest BCUT2D eigenvalue weighted by molar-refractivity contribution is 9.10. The zero-order chi connectivity index (χ0) is 12.3. The molecule has 0 radical (unpaired) electrons. The number of ether oxygens (including phenoxy) is 2. The second-order valence-electron chi connectivity index (χ2n) is 4.28. The third-order valence-electron chi connectivity index (χ3n) is 3.23. The fourth-order valence-corrected chi connectivity index (χ4v) is 2.55. The molecule has 1 aromatic carbocycles. The molecule has 1 fully saturated rings. The van der Waals surface area contributed by atoms with E-state index in [-0.39, 0.29) is 5.92 Å². The zero-order valence-electron chi connectivity index (χ0n) is 9.86. The molecule has 94 valence electrons. The first-order valence-electron chi connectivity index (χ1n) is 5.81. The maximum Gasteiger partial charge on any atom is 0.125 e. The Morgan fingerprint density at radius 3 is 2.76 bits per heavy atom. The number of rotatable bonds is 3. The van der Waals surface area contributed by atoms with Crippen molar-refractivity contribution in [2.45, 2.75) is 18.9 Å². The summed E-state index contributed by atoms with van der Waals surface area (Å²) in [6.07, 6.45) is 1.34. The Kier molecular flexibility index (Phi) is 4.42. The van der Waals surface area contributed by atoms with Crippen LogP contribution in [0.25, 0.3) is 0 Å². The average molecular weight is 301 g/mol. The first-order valence-corrected chi connectivity index (χ1v) is 6.61. The van der Waals surface area contributed by atoms with E-state index in [0.717, 1.165) is 41.8 Å². The van der Waals surface area contributed by atoms with Gasteiger partial charge in [0, 0.05) is 23.2 Å². The van der Waals surface area contributed by atoms with Gasteiger partial charge in [-0.15, -0.1) is 0 Å². The normalized spacial score (nSPS) is 19.0. The molecule has 0 saturated carbocycles. The molecule has 0 aromatic heterocycles. The van der Waals surface area contributed by atoms with Crippen LogP contribution in [0.15, 0.2) is 22.7 Å². The van der Waals surface area contributed by atoms with E-state index in [1.54, 1.807) is 7.11 Å². The molecule has 1 atom stereocenters. The van der Waals surface area contributed by atoms with Crippen LogP contribution in [-0.4, -0.2) is 25.4 Å². The van der Waals surface area contributed by atoms with Crippen LogP contribution in [-0.2, 0) is 4.74 Å². The summed E-state index contributed by atoms with van der Waals surface area (Å²) in [4.78, 5) is 0. The van der Waals surface area contributed by atoms with Crippen LogP contribution in [0.3, 0.4) is 0 Å². The molecule has 0 bridgehead atoms. The Hall–Kier alpha value is -0.580. The second-order valence-corrected chi connectivity index (χ2v) is 5.20. The molecule has 2 rings (SSSR count). The minimum absolute atomic E-state index is 0.263. The van der Waals surface area contributed by atoms with Crippen molar-refractivity contribution in [2.75, 3.05) is 20.3 Å². The van der Waals surface area contributed by atoms with E-state index < -0.39 is 6.10 Å². The average Bonchev–Trinajstić information content (AvgIpc) is 2.39. The van der Waals surface area contributed by atoms with Crippen molar-refractivity contribution in [1.29, 1.82) is 0 Å². The molecule has 1 aliphatic heterocycles. The molecule has 1 N–H and O–H groups in total. The third-order valence-corrected chi connectivity index (χ3v) is 3.72. The lowest BCUT2D eigenvalue weighted by Crippen LogP contribution is -2.22. The maximum absolute atomic E-state index is 10.4. The van der Waals surface area contributed by atoms with Gasteiger partial charge < -0.3 is 14.6 Å². The molecule has 1 heterocycles. The third kappa shape index (κ3) is 3.00. The first-order chi connectivity index (χ1) is 8.22. The minimum atomic E-state index is -0.470. The Labute approximate surface area is 110 Å². The summed E-state index contributed by atoms with van der Waals surface area (Å²) in [6.45, 7) is 1.47. The van der Waals surface area contributed by atoms with Gasteiger partial charge in [0.25, 0.3) is 0 Å². The van der Waals surface area contributed by atoms with Crippen molar-refractivity contribution < 1.29 is 14.6 Å². The van der Waals surface area contributed by atoms with E-state index in [2.05, 4.69) is 15.9 Å². The van der Waals surface area contributed by atoms with E-state index in [0.29, 0.717) is 0 Å². The molecule has 1 aromatic rings. The summed E-state index contributed by atoms with van der Waals surface area (Å²) < 4.78 is 11.6. The predicted octanol–water partition coefficient (Wildman–Crippen LogP) is 2.92. The maximum atomic E-state index is 10.4. The Morgan fingerprint density at radius 2 is 2.12 bits per heavy atom. The van der Waals surface area contributed by atoms with Gasteiger partial charge in [-0.25, -0.2) is 0 Å². The summed E-state index contributed by atoms with van der Waals surface area (Å²) in [5, 5.41) is 10.4. The summed E-state index contributed by atoms with van der Waals surface area (Å²) >= 11 is 3.40. The van der Waals surface area contributed by atoms with Crippen molar-refractivity contribution >= 4 is 15.9 Å². The van der Waals surface area contributed by atoms with Crippen molar-refractivity contribution in [3.05, 3.63) is 28.2 Å². The summed E-state index contributed by atoms with van der Waals surface area (Å²) in [6, 6.07) is 5.74. The highest BCUT2D eigenvalue weighted by Gasteiger charge is 2.25. The summed E-state index contributed by atoms with van der Waals surface area (Å²) in [7, 11) is 1.63. The second kappa shape index (κ2) is 5.85. The van der Waals surface area contributed by atoms with E-state index in [4.69, 9.17) is 9.47 Å². The van der Waals surface area contributed by atoms with Gasteiger partial charge in [-0.1, -0.05) is 22.0 Å². The van der Waals surface area contributed by atoms with Gasteiger partial charge in [0.2, 0.25) is 0 Å². The fourth-order valence-electron chi connectivity index (χ4n) is 2.21. The van der Waals surface area contributed by atoms with E-state index in [1.807, 2.05) is 18.2 Å². The topological polar surface area (TPSA) is 38.7 Å². The minimum Gasteiger partial charge on any atom is -0.496 e.